The summed E-state index contributed by atoms with van der Waals surface area (Å²) in [5, 5.41) is 12.2. The van der Waals surface area contributed by atoms with Crippen molar-refractivity contribution in [2.45, 2.75) is 77.2 Å². The van der Waals surface area contributed by atoms with E-state index < -0.39 is 23.6 Å². The first kappa shape index (κ1) is 32.8. The summed E-state index contributed by atoms with van der Waals surface area (Å²) < 4.78 is 46.9. The molecule has 2 fully saturated rings. The van der Waals surface area contributed by atoms with Crippen LogP contribution in [-0.2, 0) is 20.7 Å². The molecule has 1 aromatic heterocycles. The van der Waals surface area contributed by atoms with Crippen LogP contribution in [0.3, 0.4) is 0 Å². The lowest BCUT2D eigenvalue weighted by molar-refractivity contribution is -0.147. The summed E-state index contributed by atoms with van der Waals surface area (Å²) in [7, 11) is 1.45. The van der Waals surface area contributed by atoms with Crippen molar-refractivity contribution in [2.75, 3.05) is 38.6 Å². The molecule has 0 unspecified atom stereocenters. The molecule has 0 bridgehead atoms. The minimum absolute atomic E-state index is 0.0139. The molecule has 1 aliphatic heterocycles. The standard InChI is InChI=1S/C33H42F2N4O6/c1-4-38(19-29(39-15-5-6-16-39)44-24-11-7-21(8-12-24)32(41)42)20(2)27(40)17-22-9-13-25-31(30(22)35)45-33(36-25)37-26-18-23(34)10-14-28(26)43-3/h9-10,13-14,18,20-21,24,29H,4-8,11-12,15-17,19H2,1-3H3,(H,36,37)(H,41,42)/t20-,21?,24?,29-/m0/s1. The van der Waals surface area contributed by atoms with Crippen LogP contribution in [0.25, 0.3) is 11.1 Å². The molecule has 0 spiro atoms. The summed E-state index contributed by atoms with van der Waals surface area (Å²) in [5.74, 6) is -1.98. The number of hydrogen-bond acceptors (Lipinski definition) is 9. The van der Waals surface area contributed by atoms with E-state index in [9.17, 15) is 19.1 Å². The lowest BCUT2D eigenvalue weighted by Crippen LogP contribution is -2.50. The average Bonchev–Trinajstić information content (AvgIpc) is 3.71. The topological polar surface area (TPSA) is 117 Å². The van der Waals surface area contributed by atoms with E-state index in [1.54, 1.807) is 6.07 Å². The molecular weight excluding hydrogens is 586 g/mol. The minimum Gasteiger partial charge on any atom is -0.495 e. The normalized spacial score (nSPS) is 20.4. The Kier molecular flexibility index (Phi) is 10.7. The maximum atomic E-state index is 15.6. The Bertz CT molecular complexity index is 1490. The number of halogens is 2. The predicted octanol–water partition coefficient (Wildman–Crippen LogP) is 5.76. The van der Waals surface area contributed by atoms with Gasteiger partial charge < -0.3 is 24.3 Å². The van der Waals surface area contributed by atoms with Crippen LogP contribution >= 0.6 is 0 Å². The van der Waals surface area contributed by atoms with E-state index in [1.807, 2.05) is 13.8 Å². The van der Waals surface area contributed by atoms with E-state index in [2.05, 4.69) is 20.1 Å². The van der Waals surface area contributed by atoms with Crippen molar-refractivity contribution >= 4 is 34.6 Å². The Balaban J connectivity index is 1.25. The number of carboxylic acid groups (broad SMARTS) is 1. The smallest absolute Gasteiger partial charge is 0.306 e. The van der Waals surface area contributed by atoms with Gasteiger partial charge in [-0.2, -0.15) is 4.98 Å². The van der Waals surface area contributed by atoms with Gasteiger partial charge in [-0.15, -0.1) is 0 Å². The van der Waals surface area contributed by atoms with E-state index in [-0.39, 0.29) is 58.8 Å². The van der Waals surface area contributed by atoms with Crippen LogP contribution in [0.5, 0.6) is 5.75 Å². The zero-order valence-corrected chi connectivity index (χ0v) is 26.1. The van der Waals surface area contributed by atoms with Crippen LogP contribution in [0.2, 0.25) is 0 Å². The Morgan fingerprint density at radius 3 is 2.56 bits per heavy atom. The molecule has 244 valence electrons. The van der Waals surface area contributed by atoms with Crippen LogP contribution in [0.4, 0.5) is 20.5 Å². The van der Waals surface area contributed by atoms with E-state index in [0.717, 1.165) is 25.9 Å². The first-order chi connectivity index (χ1) is 21.7. The molecule has 10 nitrogen and oxygen atoms in total. The van der Waals surface area contributed by atoms with Crippen molar-refractivity contribution < 1.29 is 37.4 Å². The van der Waals surface area contributed by atoms with Crippen LogP contribution in [0.1, 0.15) is 57.9 Å². The monoisotopic (exact) mass is 628 g/mol. The Morgan fingerprint density at radius 1 is 1.16 bits per heavy atom. The number of aromatic nitrogens is 1. The number of anilines is 2. The van der Waals surface area contributed by atoms with Crippen LogP contribution in [0, 0.1) is 17.6 Å². The molecule has 2 aromatic carbocycles. The summed E-state index contributed by atoms with van der Waals surface area (Å²) in [6.45, 7) is 6.79. The molecule has 2 aliphatic rings. The zero-order valence-electron chi connectivity index (χ0n) is 26.1. The highest BCUT2D eigenvalue weighted by molar-refractivity contribution is 5.87. The second kappa shape index (κ2) is 14.7. The van der Waals surface area contributed by atoms with Crippen LogP contribution < -0.4 is 10.1 Å². The number of rotatable bonds is 14. The number of nitrogens with zero attached hydrogens (tertiary/aromatic N) is 3. The van der Waals surface area contributed by atoms with Crippen LogP contribution in [0.15, 0.2) is 34.7 Å². The van der Waals surface area contributed by atoms with Gasteiger partial charge in [0.15, 0.2) is 17.2 Å². The van der Waals surface area contributed by atoms with Gasteiger partial charge >= 0.3 is 5.97 Å². The number of carbonyl (C=O) groups is 2. The van der Waals surface area contributed by atoms with E-state index in [1.165, 1.54) is 31.4 Å². The molecule has 0 amide bonds. The number of ether oxygens (including phenoxy) is 2. The van der Waals surface area contributed by atoms with Crippen molar-refractivity contribution in [3.05, 3.63) is 47.5 Å². The molecule has 12 heteroatoms. The first-order valence-corrected chi connectivity index (χ1v) is 15.7. The van der Waals surface area contributed by atoms with Gasteiger partial charge in [-0.3, -0.25) is 19.4 Å². The first-order valence-electron chi connectivity index (χ1n) is 15.7. The number of nitrogens with one attached hydrogen (secondary N) is 1. The molecule has 2 heterocycles. The van der Waals surface area contributed by atoms with Crippen molar-refractivity contribution in [3.8, 4) is 5.75 Å². The number of benzene rings is 2. The highest BCUT2D eigenvalue weighted by Gasteiger charge is 2.33. The largest absolute Gasteiger partial charge is 0.495 e. The third kappa shape index (κ3) is 7.79. The van der Waals surface area contributed by atoms with Gasteiger partial charge in [0.2, 0.25) is 0 Å². The fraction of sp³-hybridized carbons (Fsp3) is 0.545. The van der Waals surface area contributed by atoms with Gasteiger partial charge in [0.1, 0.15) is 23.3 Å². The fourth-order valence-corrected chi connectivity index (χ4v) is 6.33. The number of methoxy groups -OCH3 is 1. The van der Waals surface area contributed by atoms with Crippen molar-refractivity contribution in [2.24, 2.45) is 5.92 Å². The number of likely N-dealkylation sites (N-methyl/N-ethyl adjacent to an activating group) is 1. The summed E-state index contributed by atoms with van der Waals surface area (Å²) in [5.41, 5.74) is 0.632. The zero-order chi connectivity index (χ0) is 32.1. The van der Waals surface area contributed by atoms with Crippen molar-refractivity contribution in [3.63, 3.8) is 0 Å². The number of ketones is 1. The summed E-state index contributed by atoms with van der Waals surface area (Å²) in [6.07, 6.45) is 4.45. The molecule has 1 aliphatic carbocycles. The second-order valence-corrected chi connectivity index (χ2v) is 11.9. The Morgan fingerprint density at radius 2 is 1.89 bits per heavy atom. The highest BCUT2D eigenvalue weighted by atomic mass is 19.1. The SMILES string of the molecule is CCN(C[C@H](OC1CCC(C(=O)O)CC1)N1CCCC1)[C@@H](C)C(=O)Cc1ccc2nc(Nc3cc(F)ccc3OC)oc2c1F. The molecule has 45 heavy (non-hydrogen) atoms. The number of Topliss-reactive ketones (excluding diaryl/α,β-unsaturated/α-hetero) is 1. The second-order valence-electron chi connectivity index (χ2n) is 11.9. The maximum Gasteiger partial charge on any atom is 0.306 e. The predicted molar refractivity (Wildman–Crippen MR) is 165 cm³/mol. The van der Waals surface area contributed by atoms with Gasteiger partial charge in [-0.1, -0.05) is 13.0 Å². The lowest BCUT2D eigenvalue weighted by atomic mass is 9.87. The van der Waals surface area contributed by atoms with Crippen molar-refractivity contribution in [1.29, 1.82) is 0 Å². The van der Waals surface area contributed by atoms with E-state index in [4.69, 9.17) is 13.9 Å². The van der Waals surface area contributed by atoms with E-state index >= 15 is 4.39 Å². The van der Waals surface area contributed by atoms with Gasteiger partial charge in [0.05, 0.1) is 30.9 Å². The number of fused-ring (bicyclic) bond motifs is 1. The molecule has 2 N–H and O–H groups in total. The van der Waals surface area contributed by atoms with E-state index in [0.29, 0.717) is 44.5 Å². The molecule has 1 saturated heterocycles. The molecule has 1 saturated carbocycles. The van der Waals surface area contributed by atoms with Crippen molar-refractivity contribution in [1.82, 2.24) is 14.8 Å². The molecule has 0 radical (unpaired) electrons. The molecular formula is C33H42F2N4O6. The summed E-state index contributed by atoms with van der Waals surface area (Å²) >= 11 is 0. The summed E-state index contributed by atoms with van der Waals surface area (Å²) in [4.78, 5) is 33.6. The Hall–Kier alpha value is -3.61. The van der Waals surface area contributed by atoms with Gasteiger partial charge in [-0.25, -0.2) is 8.78 Å². The maximum absolute atomic E-state index is 15.6. The molecule has 3 aromatic rings. The van der Waals surface area contributed by atoms with Gasteiger partial charge in [0, 0.05) is 32.1 Å². The molecule has 2 atom stereocenters. The lowest BCUT2D eigenvalue weighted by Gasteiger charge is -2.38. The molecule has 5 rings (SSSR count). The quantitative estimate of drug-likeness (QED) is 0.228. The fourth-order valence-electron chi connectivity index (χ4n) is 6.33. The third-order valence-electron chi connectivity index (χ3n) is 9.08. The third-order valence-corrected chi connectivity index (χ3v) is 9.08. The number of aliphatic carboxylic acids is 1. The number of carbonyl (C=O) groups excluding carboxylic acids is 1. The highest BCUT2D eigenvalue weighted by Crippen LogP contribution is 2.32. The number of carboxylic acids is 1. The van der Waals surface area contributed by atoms with Crippen LogP contribution in [-0.4, -0.2) is 83.3 Å². The number of hydrogen-bond donors (Lipinski definition) is 2. The Labute approximate surface area is 261 Å². The van der Waals surface area contributed by atoms with Gasteiger partial charge in [-0.05, 0) is 75.8 Å². The minimum atomic E-state index is -0.741. The average molecular weight is 629 g/mol. The summed E-state index contributed by atoms with van der Waals surface area (Å²) in [6, 6.07) is 6.54. The number of likely N-dealkylation sites (tertiary alicyclic amines) is 1. The number of oxazole rings is 1. The van der Waals surface area contributed by atoms with Gasteiger partial charge in [0.25, 0.3) is 6.01 Å².